The van der Waals surface area contributed by atoms with E-state index >= 15 is 0 Å². The average molecular weight is 905 g/mol. The van der Waals surface area contributed by atoms with E-state index in [9.17, 15) is 0 Å². The van der Waals surface area contributed by atoms with Crippen molar-refractivity contribution >= 4 is 53.9 Å². The van der Waals surface area contributed by atoms with Crippen LogP contribution in [0, 0.1) is 0 Å². The van der Waals surface area contributed by atoms with Gasteiger partial charge in [-0.25, -0.2) is 0 Å². The van der Waals surface area contributed by atoms with E-state index in [4.69, 9.17) is 0 Å². The SMILES string of the molecule is CC(C)(C)c1cc(-c2cccc(-c3c4c(c(-c5cccc(-c6cc(C(C)(C)C)cc(C(C)(C)C)c6)c5)c5ccccc35)-c3ccc5c6cccc7cccc(c8ccc-4c3c85)c76)c2)cc(C(C)(C)C)c1. The van der Waals surface area contributed by atoms with Crippen molar-refractivity contribution in [1.82, 2.24) is 0 Å². The van der Waals surface area contributed by atoms with Crippen molar-refractivity contribution in [3.05, 3.63) is 192 Å². The van der Waals surface area contributed by atoms with E-state index in [1.807, 2.05) is 0 Å². The predicted molar refractivity (Wildman–Crippen MR) is 306 cm³/mol. The van der Waals surface area contributed by atoms with Gasteiger partial charge in [0.05, 0.1) is 0 Å². The maximum Gasteiger partial charge on any atom is -0.000740 e. The zero-order chi connectivity index (χ0) is 48.8. The lowest BCUT2D eigenvalue weighted by Crippen LogP contribution is -2.16. The standard InChI is InChI=1S/C70H64/c1-67(2,3)48-35-46(36-49(39-48)68(4,5)6)42-21-15-23-44(33-42)61-54-25-13-14-26-55(54)62(45-24-16-22-43(34-45)47-37-50(69(7,8)9)40-51(38-47)70(10,11)12)66-59-32-30-57-53-28-18-20-41-19-17-27-52(60(41)53)56-29-31-58(65(61)66)64(59)63(56)57/h13-40H,1-12H3. The van der Waals surface area contributed by atoms with Crippen LogP contribution in [0.5, 0.6) is 0 Å². The molecule has 0 saturated heterocycles. The summed E-state index contributed by atoms with van der Waals surface area (Å²) in [7, 11) is 0. The monoisotopic (exact) mass is 905 g/mol. The molecule has 11 aromatic rings. The van der Waals surface area contributed by atoms with Crippen LogP contribution in [0.3, 0.4) is 0 Å². The summed E-state index contributed by atoms with van der Waals surface area (Å²) in [5.74, 6) is 0. The summed E-state index contributed by atoms with van der Waals surface area (Å²) in [6.07, 6.45) is 0. The third kappa shape index (κ3) is 6.93. The second kappa shape index (κ2) is 15.2. The quantitative estimate of drug-likeness (QED) is 0.122. The molecule has 0 nitrogen and oxygen atoms in total. The first-order chi connectivity index (χ1) is 33.2. The molecule has 0 aromatic heterocycles. The zero-order valence-corrected chi connectivity index (χ0v) is 43.2. The van der Waals surface area contributed by atoms with Crippen molar-refractivity contribution < 1.29 is 0 Å². The van der Waals surface area contributed by atoms with Crippen molar-refractivity contribution in [2.75, 3.05) is 0 Å². The molecule has 344 valence electrons. The van der Waals surface area contributed by atoms with Crippen molar-refractivity contribution in [2.24, 2.45) is 0 Å². The molecular weight excluding hydrogens is 841 g/mol. The van der Waals surface area contributed by atoms with E-state index in [1.165, 1.54) is 143 Å². The number of rotatable bonds is 4. The highest BCUT2D eigenvalue weighted by Gasteiger charge is 2.33. The molecule has 0 bridgehead atoms. The second-order valence-electron chi connectivity index (χ2n) is 24.6. The Labute approximate surface area is 415 Å². The fourth-order valence-electron chi connectivity index (χ4n) is 11.8. The molecule has 0 heteroatoms. The molecule has 0 heterocycles. The minimum Gasteiger partial charge on any atom is -0.0616 e. The van der Waals surface area contributed by atoms with Gasteiger partial charge >= 0.3 is 0 Å². The van der Waals surface area contributed by atoms with Crippen molar-refractivity contribution in [1.29, 1.82) is 0 Å². The number of benzene rings is 11. The summed E-state index contributed by atoms with van der Waals surface area (Å²) >= 11 is 0. The first-order valence-corrected chi connectivity index (χ1v) is 25.5. The summed E-state index contributed by atoms with van der Waals surface area (Å²) in [4.78, 5) is 0. The van der Waals surface area contributed by atoms with Crippen LogP contribution < -0.4 is 0 Å². The average Bonchev–Trinajstić information content (AvgIpc) is 3.66. The molecule has 0 fully saturated rings. The van der Waals surface area contributed by atoms with Crippen LogP contribution in [0.1, 0.15) is 105 Å². The van der Waals surface area contributed by atoms with Crippen LogP contribution >= 0.6 is 0 Å². The lowest BCUT2D eigenvalue weighted by molar-refractivity contribution is 0.568. The first-order valence-electron chi connectivity index (χ1n) is 25.5. The van der Waals surface area contributed by atoms with Crippen molar-refractivity contribution in [2.45, 2.75) is 105 Å². The fourth-order valence-corrected chi connectivity index (χ4v) is 11.8. The molecule has 12 rings (SSSR count). The number of hydrogen-bond donors (Lipinski definition) is 0. The van der Waals surface area contributed by atoms with E-state index in [2.05, 4.69) is 253 Å². The van der Waals surface area contributed by atoms with Crippen LogP contribution in [0.25, 0.3) is 121 Å². The number of hydrogen-bond acceptors (Lipinski definition) is 0. The van der Waals surface area contributed by atoms with E-state index in [0.29, 0.717) is 0 Å². The third-order valence-corrected chi connectivity index (χ3v) is 15.7. The lowest BCUT2D eigenvalue weighted by atomic mass is 9.78. The summed E-state index contributed by atoms with van der Waals surface area (Å²) in [6.45, 7) is 28.0. The highest BCUT2D eigenvalue weighted by molar-refractivity contribution is 6.39. The Kier molecular flexibility index (Phi) is 9.62. The summed E-state index contributed by atoms with van der Waals surface area (Å²) < 4.78 is 0. The molecule has 70 heavy (non-hydrogen) atoms. The van der Waals surface area contributed by atoms with Gasteiger partial charge in [0.2, 0.25) is 0 Å². The van der Waals surface area contributed by atoms with Gasteiger partial charge in [0, 0.05) is 0 Å². The molecule has 0 amide bonds. The van der Waals surface area contributed by atoms with Crippen molar-refractivity contribution in [3.63, 3.8) is 0 Å². The molecule has 0 N–H and O–H groups in total. The van der Waals surface area contributed by atoms with E-state index < -0.39 is 0 Å². The minimum atomic E-state index is 0.0127. The van der Waals surface area contributed by atoms with Crippen LogP contribution in [-0.2, 0) is 21.7 Å². The molecule has 0 aliphatic heterocycles. The molecular formula is C70H64. The molecule has 0 unspecified atom stereocenters. The van der Waals surface area contributed by atoms with Gasteiger partial charge in [-0.15, -0.1) is 0 Å². The molecule has 0 spiro atoms. The Morgan fingerprint density at radius 3 is 0.957 bits per heavy atom. The Hall–Kier alpha value is -7.02. The van der Waals surface area contributed by atoms with E-state index in [1.54, 1.807) is 0 Å². The first kappa shape index (κ1) is 44.2. The molecule has 0 atom stereocenters. The van der Waals surface area contributed by atoms with Crippen LogP contribution in [-0.4, -0.2) is 0 Å². The lowest BCUT2D eigenvalue weighted by Gasteiger charge is -2.26. The highest BCUT2D eigenvalue weighted by Crippen LogP contribution is 2.60. The predicted octanol–water partition coefficient (Wildman–Crippen LogP) is 20.4. The smallest absolute Gasteiger partial charge is 0.000740 e. The summed E-state index contributed by atoms with van der Waals surface area (Å²) in [5.41, 5.74) is 20.9. The molecule has 0 radical (unpaired) electrons. The van der Waals surface area contributed by atoms with Gasteiger partial charge in [0.15, 0.2) is 0 Å². The largest absolute Gasteiger partial charge is 0.0616 e. The molecule has 11 aromatic carbocycles. The van der Waals surface area contributed by atoms with Crippen molar-refractivity contribution in [3.8, 4) is 66.8 Å². The number of fused-ring (bicyclic) bond motifs is 6. The van der Waals surface area contributed by atoms with Gasteiger partial charge < -0.3 is 0 Å². The van der Waals surface area contributed by atoms with E-state index in [-0.39, 0.29) is 21.7 Å². The van der Waals surface area contributed by atoms with Gasteiger partial charge in [0.1, 0.15) is 0 Å². The second-order valence-corrected chi connectivity index (χ2v) is 24.6. The Balaban J connectivity index is 1.18. The Morgan fingerprint density at radius 2 is 0.571 bits per heavy atom. The van der Waals surface area contributed by atoms with E-state index in [0.717, 1.165) is 0 Å². The third-order valence-electron chi connectivity index (χ3n) is 15.7. The molecule has 0 saturated carbocycles. The normalized spacial score (nSPS) is 13.1. The van der Waals surface area contributed by atoms with Gasteiger partial charge in [-0.3, -0.25) is 0 Å². The Bertz CT molecular complexity index is 3640. The minimum absolute atomic E-state index is 0.0127. The maximum atomic E-state index is 2.48. The Morgan fingerprint density at radius 1 is 0.229 bits per heavy atom. The van der Waals surface area contributed by atoms with Gasteiger partial charge in [0.25, 0.3) is 0 Å². The highest BCUT2D eigenvalue weighted by atomic mass is 14.4. The topological polar surface area (TPSA) is 0 Å². The van der Waals surface area contributed by atoms with Crippen LogP contribution in [0.15, 0.2) is 170 Å². The molecule has 1 aliphatic carbocycles. The van der Waals surface area contributed by atoms with Gasteiger partial charge in [-0.1, -0.05) is 241 Å². The van der Waals surface area contributed by atoms with Gasteiger partial charge in [-0.05, 0) is 177 Å². The maximum absolute atomic E-state index is 2.48. The summed E-state index contributed by atoms with van der Waals surface area (Å²) in [6, 6.07) is 66.2. The van der Waals surface area contributed by atoms with Crippen LogP contribution in [0.2, 0.25) is 0 Å². The molecule has 1 aliphatic rings. The fraction of sp³-hybridized carbons (Fsp3) is 0.229. The summed E-state index contributed by atoms with van der Waals surface area (Å²) in [5, 5.41) is 13.2. The van der Waals surface area contributed by atoms with Crippen LogP contribution in [0.4, 0.5) is 0 Å². The zero-order valence-electron chi connectivity index (χ0n) is 43.2. The van der Waals surface area contributed by atoms with Gasteiger partial charge in [-0.2, -0.15) is 0 Å².